The first-order chi connectivity index (χ1) is 15.6. The molecule has 3 aromatic heterocycles. The molecule has 32 heavy (non-hydrogen) atoms. The highest BCUT2D eigenvalue weighted by atomic mass is 19.1. The first-order valence-corrected chi connectivity index (χ1v) is 11.0. The number of amides is 1. The fraction of sp³-hybridized carbons (Fsp3) is 0.280. The molecule has 1 aromatic carbocycles. The molecule has 0 bridgehead atoms. The van der Waals surface area contributed by atoms with E-state index in [2.05, 4.69) is 38.8 Å². The van der Waals surface area contributed by atoms with E-state index in [9.17, 15) is 9.18 Å². The van der Waals surface area contributed by atoms with Crippen LogP contribution in [0.1, 0.15) is 34.5 Å². The molecule has 0 radical (unpaired) electrons. The van der Waals surface area contributed by atoms with Crippen LogP contribution in [0.4, 0.5) is 4.39 Å². The maximum Gasteiger partial charge on any atom is 0.253 e. The highest BCUT2D eigenvalue weighted by Crippen LogP contribution is 2.29. The maximum atomic E-state index is 12.9. The molecule has 1 saturated carbocycles. The highest BCUT2D eigenvalue weighted by Gasteiger charge is 2.28. The van der Waals surface area contributed by atoms with Gasteiger partial charge in [0, 0.05) is 42.9 Å². The molecule has 1 aliphatic rings. The summed E-state index contributed by atoms with van der Waals surface area (Å²) in [6.07, 6.45) is 7.90. The van der Waals surface area contributed by atoms with E-state index in [4.69, 9.17) is 0 Å². The van der Waals surface area contributed by atoms with Gasteiger partial charge in [-0.2, -0.15) is 0 Å². The van der Waals surface area contributed by atoms with Gasteiger partial charge >= 0.3 is 0 Å². The first kappa shape index (κ1) is 20.5. The van der Waals surface area contributed by atoms with Crippen LogP contribution in [-0.2, 0) is 13.1 Å². The van der Waals surface area contributed by atoms with E-state index in [-0.39, 0.29) is 5.91 Å². The number of carbonyl (C=O) groups is 1. The molecule has 0 saturated heterocycles. The Kier molecular flexibility index (Phi) is 5.73. The number of pyridine rings is 1. The average molecular weight is 432 g/mol. The Labute approximate surface area is 185 Å². The van der Waals surface area contributed by atoms with Gasteiger partial charge in [0.1, 0.15) is 6.17 Å². The van der Waals surface area contributed by atoms with Crippen molar-refractivity contribution in [3.05, 3.63) is 84.1 Å². The van der Waals surface area contributed by atoms with Crippen molar-refractivity contribution in [3.63, 3.8) is 0 Å². The molecule has 0 spiro atoms. The van der Waals surface area contributed by atoms with Crippen LogP contribution in [0.2, 0.25) is 0 Å². The minimum absolute atomic E-state index is 0.158. The summed E-state index contributed by atoms with van der Waals surface area (Å²) in [6, 6.07) is 14.0. The summed E-state index contributed by atoms with van der Waals surface area (Å²) >= 11 is 0. The molecule has 7 heteroatoms. The van der Waals surface area contributed by atoms with Gasteiger partial charge in [-0.05, 0) is 66.6 Å². The van der Waals surface area contributed by atoms with Crippen molar-refractivity contribution in [3.8, 4) is 5.69 Å². The van der Waals surface area contributed by atoms with Crippen LogP contribution in [-0.4, -0.2) is 33.2 Å². The van der Waals surface area contributed by atoms with E-state index in [0.717, 1.165) is 40.9 Å². The van der Waals surface area contributed by atoms with Gasteiger partial charge in [-0.15, -0.1) is 0 Å². The molecule has 0 aliphatic heterocycles. The Hall–Kier alpha value is -3.45. The van der Waals surface area contributed by atoms with Crippen LogP contribution in [0.5, 0.6) is 0 Å². The number of fused-ring (bicyclic) bond motifs is 1. The lowest BCUT2D eigenvalue weighted by Gasteiger charge is -2.29. The van der Waals surface area contributed by atoms with Crippen LogP contribution >= 0.6 is 0 Å². The number of nitrogens with zero attached hydrogens (tertiary/aromatic N) is 2. The van der Waals surface area contributed by atoms with Gasteiger partial charge in [0.05, 0.1) is 17.4 Å². The average Bonchev–Trinajstić information content (AvgIpc) is 3.46. The number of rotatable bonds is 8. The Bertz CT molecular complexity index is 1210. The predicted molar refractivity (Wildman–Crippen MR) is 122 cm³/mol. The summed E-state index contributed by atoms with van der Waals surface area (Å²) in [5, 5.41) is 7.52. The summed E-state index contributed by atoms with van der Waals surface area (Å²) in [5.74, 6) is 0.304. The molecule has 6 nitrogen and oxygen atoms in total. The molecular weight excluding hydrogens is 405 g/mol. The highest BCUT2D eigenvalue weighted by molar-refractivity contribution is 5.94. The van der Waals surface area contributed by atoms with Crippen LogP contribution in [0, 0.1) is 5.92 Å². The zero-order valence-electron chi connectivity index (χ0n) is 17.7. The predicted octanol–water partition coefficient (Wildman–Crippen LogP) is 4.12. The summed E-state index contributed by atoms with van der Waals surface area (Å²) in [6.45, 7) is 2.02. The second-order valence-corrected chi connectivity index (χ2v) is 8.49. The molecule has 1 aliphatic carbocycles. The summed E-state index contributed by atoms with van der Waals surface area (Å²) < 4.78 is 14.8. The Morgan fingerprint density at radius 2 is 1.97 bits per heavy atom. The Morgan fingerprint density at radius 1 is 1.12 bits per heavy atom. The molecule has 0 unspecified atom stereocenters. The fourth-order valence-electron chi connectivity index (χ4n) is 4.16. The van der Waals surface area contributed by atoms with E-state index in [1.54, 1.807) is 12.4 Å². The number of hydrogen-bond donors (Lipinski definition) is 3. The van der Waals surface area contributed by atoms with Crippen molar-refractivity contribution in [2.45, 2.75) is 32.1 Å². The topological polar surface area (TPSA) is 74.7 Å². The lowest BCUT2D eigenvalue weighted by molar-refractivity contribution is 0.0950. The third-order valence-electron chi connectivity index (χ3n) is 6.01. The Balaban J connectivity index is 1.18. The van der Waals surface area contributed by atoms with E-state index in [1.165, 1.54) is 0 Å². The van der Waals surface area contributed by atoms with Crippen molar-refractivity contribution in [2.24, 2.45) is 5.92 Å². The van der Waals surface area contributed by atoms with Crippen LogP contribution < -0.4 is 10.6 Å². The molecule has 1 amide bonds. The van der Waals surface area contributed by atoms with Crippen LogP contribution in [0.15, 0.2) is 67.3 Å². The van der Waals surface area contributed by atoms with E-state index < -0.39 is 6.17 Å². The zero-order chi connectivity index (χ0) is 21.9. The maximum absolute atomic E-state index is 12.9. The number of benzene rings is 1. The van der Waals surface area contributed by atoms with E-state index in [0.29, 0.717) is 30.9 Å². The van der Waals surface area contributed by atoms with Gasteiger partial charge < -0.3 is 20.2 Å². The van der Waals surface area contributed by atoms with Crippen molar-refractivity contribution < 1.29 is 9.18 Å². The smallest absolute Gasteiger partial charge is 0.253 e. The van der Waals surface area contributed by atoms with Crippen molar-refractivity contribution in [1.82, 2.24) is 25.2 Å². The molecule has 5 rings (SSSR count). The first-order valence-electron chi connectivity index (χ1n) is 11.0. The third-order valence-corrected chi connectivity index (χ3v) is 6.01. The summed E-state index contributed by atoms with van der Waals surface area (Å²) in [7, 11) is 0. The van der Waals surface area contributed by atoms with Gasteiger partial charge in [-0.3, -0.25) is 9.78 Å². The number of carbonyl (C=O) groups excluding carboxylic acids is 1. The van der Waals surface area contributed by atoms with Gasteiger partial charge in [0.25, 0.3) is 5.91 Å². The largest absolute Gasteiger partial charge is 0.357 e. The molecule has 3 heterocycles. The molecule has 4 aromatic rings. The summed E-state index contributed by atoms with van der Waals surface area (Å²) in [5.41, 5.74) is 4.53. The number of hydrogen-bond acceptors (Lipinski definition) is 3. The van der Waals surface area contributed by atoms with Crippen molar-refractivity contribution in [1.29, 1.82) is 0 Å². The van der Waals surface area contributed by atoms with Gasteiger partial charge in [0.15, 0.2) is 0 Å². The summed E-state index contributed by atoms with van der Waals surface area (Å²) in [4.78, 5) is 20.3. The standard InChI is InChI=1S/C25H26FN5O/c26-21-7-18(8-21)12-27-15-22-10-19-4-3-17(9-24(19)30-22)13-29-25(32)20-11-23(16-28-14-20)31-5-1-2-6-31/h1-6,9-11,14,16,18,21,27,30H,7-8,12-13,15H2,(H,29,32). The monoisotopic (exact) mass is 431 g/mol. The van der Waals surface area contributed by atoms with Crippen LogP contribution in [0.3, 0.4) is 0 Å². The quantitative estimate of drug-likeness (QED) is 0.393. The lowest BCUT2D eigenvalue weighted by atomic mass is 9.83. The fourth-order valence-corrected chi connectivity index (χ4v) is 4.16. The second-order valence-electron chi connectivity index (χ2n) is 8.49. The molecule has 164 valence electrons. The van der Waals surface area contributed by atoms with Gasteiger partial charge in [-0.1, -0.05) is 12.1 Å². The van der Waals surface area contributed by atoms with Gasteiger partial charge in [0.2, 0.25) is 0 Å². The molecular formula is C25H26FN5O. The number of nitrogens with one attached hydrogen (secondary N) is 3. The second kappa shape index (κ2) is 8.96. The number of halogens is 1. The number of aromatic amines is 1. The van der Waals surface area contributed by atoms with Crippen molar-refractivity contribution in [2.75, 3.05) is 6.54 Å². The van der Waals surface area contributed by atoms with E-state index in [1.807, 2.05) is 41.2 Å². The van der Waals surface area contributed by atoms with Crippen LogP contribution in [0.25, 0.3) is 16.6 Å². The SMILES string of the molecule is O=C(NCc1ccc2cc(CNCC3CC(F)C3)[nH]c2c1)c1cncc(-n2cccc2)c1. The van der Waals surface area contributed by atoms with Gasteiger partial charge in [-0.25, -0.2) is 4.39 Å². The Morgan fingerprint density at radius 3 is 2.78 bits per heavy atom. The minimum Gasteiger partial charge on any atom is -0.357 e. The minimum atomic E-state index is -0.603. The zero-order valence-corrected chi connectivity index (χ0v) is 17.7. The molecule has 3 N–H and O–H groups in total. The lowest BCUT2D eigenvalue weighted by Crippen LogP contribution is -2.33. The van der Waals surface area contributed by atoms with Crippen molar-refractivity contribution >= 4 is 16.8 Å². The normalized spacial score (nSPS) is 17.9. The van der Waals surface area contributed by atoms with E-state index >= 15 is 0 Å². The number of alkyl halides is 1. The third kappa shape index (κ3) is 4.57. The number of aromatic nitrogens is 3. The molecule has 0 atom stereocenters. The molecule has 1 fully saturated rings. The number of H-pyrrole nitrogens is 1.